The fraction of sp³-hybridized carbons (Fsp3) is 0.156. The van der Waals surface area contributed by atoms with Crippen molar-refractivity contribution in [2.75, 3.05) is 26.1 Å². The highest BCUT2D eigenvalue weighted by atomic mass is 35.5. The van der Waals surface area contributed by atoms with Crippen molar-refractivity contribution in [3.05, 3.63) is 114 Å². The molecule has 1 aromatic heterocycles. The van der Waals surface area contributed by atoms with Crippen LogP contribution in [0, 0.1) is 0 Å². The van der Waals surface area contributed by atoms with Crippen molar-refractivity contribution in [3.8, 4) is 11.5 Å². The van der Waals surface area contributed by atoms with Gasteiger partial charge in [-0.15, -0.1) is 11.3 Å². The predicted molar refractivity (Wildman–Crippen MR) is 168 cm³/mol. The molecule has 0 saturated carbocycles. The van der Waals surface area contributed by atoms with Crippen LogP contribution in [0.1, 0.15) is 24.0 Å². The first-order valence-corrected chi connectivity index (χ1v) is 14.4. The maximum absolute atomic E-state index is 14.2. The van der Waals surface area contributed by atoms with Crippen LogP contribution in [0.3, 0.4) is 0 Å². The first-order chi connectivity index (χ1) is 20.7. The standard InChI is InChI=1S/C32H28ClN3O6S/c1-4-42-32(39)26-25(19-8-6-10-23(17-19)41-3)27(29(37)35-21-13-11-20(33)12-14-21)31-36(28(26)34)30(38)24(43-31)16-18-7-5-9-22(15-18)40-2/h5-17,25H,4,34H2,1-3H3,(H,35,37)/b24-16-. The first kappa shape index (κ1) is 29.7. The number of nitrogens with zero attached hydrogens (tertiary/aromatic N) is 1. The second-order valence-corrected chi connectivity index (χ2v) is 10.9. The maximum atomic E-state index is 14.2. The van der Waals surface area contributed by atoms with E-state index >= 15 is 0 Å². The van der Waals surface area contributed by atoms with Crippen LogP contribution in [-0.4, -0.2) is 37.3 Å². The van der Waals surface area contributed by atoms with Crippen molar-refractivity contribution in [2.24, 2.45) is 5.73 Å². The zero-order valence-corrected chi connectivity index (χ0v) is 25.1. The molecular weight excluding hydrogens is 590 g/mol. The average molecular weight is 618 g/mol. The summed E-state index contributed by atoms with van der Waals surface area (Å²) < 4.78 is 18.0. The van der Waals surface area contributed by atoms with Crippen LogP contribution < -0.4 is 35.3 Å². The molecule has 0 bridgehead atoms. The number of nitrogens with one attached hydrogen (secondary N) is 1. The molecule has 0 aliphatic carbocycles. The molecule has 43 heavy (non-hydrogen) atoms. The van der Waals surface area contributed by atoms with Gasteiger partial charge < -0.3 is 25.3 Å². The van der Waals surface area contributed by atoms with Gasteiger partial charge in [0.1, 0.15) is 22.0 Å². The number of benzene rings is 3. The Labute approximate surface area is 256 Å². The van der Waals surface area contributed by atoms with E-state index in [0.717, 1.165) is 11.3 Å². The Balaban J connectivity index is 1.84. The summed E-state index contributed by atoms with van der Waals surface area (Å²) in [5.74, 6) is -1.25. The summed E-state index contributed by atoms with van der Waals surface area (Å²) in [7, 11) is 3.07. The van der Waals surface area contributed by atoms with Gasteiger partial charge in [0.25, 0.3) is 11.5 Å². The van der Waals surface area contributed by atoms with Crippen molar-refractivity contribution in [2.45, 2.75) is 12.8 Å². The summed E-state index contributed by atoms with van der Waals surface area (Å²) in [5, 5.41) is 3.39. The van der Waals surface area contributed by atoms with Gasteiger partial charge in [0.05, 0.1) is 42.4 Å². The summed E-state index contributed by atoms with van der Waals surface area (Å²) in [6, 6.07) is 20.8. The number of methoxy groups -OCH3 is 2. The zero-order chi connectivity index (χ0) is 30.7. The average Bonchev–Trinajstić information content (AvgIpc) is 3.33. The normalized spacial score (nSPS) is 14.7. The molecule has 220 valence electrons. The van der Waals surface area contributed by atoms with E-state index in [4.69, 9.17) is 31.5 Å². The monoisotopic (exact) mass is 617 g/mol. The SMILES string of the molecule is CCOC(=O)C1=C(N)n2c(s/c(=C\c3cccc(OC)c3)c2=O)=C(C(=O)Nc2ccc(Cl)cc2)C1c1cccc(OC)c1. The molecule has 3 aromatic carbocycles. The second kappa shape index (κ2) is 12.6. The second-order valence-electron chi connectivity index (χ2n) is 9.44. The van der Waals surface area contributed by atoms with Gasteiger partial charge >= 0.3 is 5.97 Å². The lowest BCUT2D eigenvalue weighted by atomic mass is 9.82. The van der Waals surface area contributed by atoms with Crippen LogP contribution in [0.15, 0.2) is 83.2 Å². The molecule has 3 N–H and O–H groups in total. The van der Waals surface area contributed by atoms with E-state index in [-0.39, 0.29) is 28.2 Å². The Morgan fingerprint density at radius 1 is 1.00 bits per heavy atom. The Morgan fingerprint density at radius 3 is 2.35 bits per heavy atom. The topological polar surface area (TPSA) is 122 Å². The number of fused-ring (bicyclic) bond motifs is 1. The predicted octanol–water partition coefficient (Wildman–Crippen LogP) is 3.69. The van der Waals surface area contributed by atoms with Gasteiger partial charge in [-0.2, -0.15) is 0 Å². The largest absolute Gasteiger partial charge is 0.497 e. The van der Waals surface area contributed by atoms with Crippen LogP contribution >= 0.6 is 22.9 Å². The molecule has 0 radical (unpaired) electrons. The van der Waals surface area contributed by atoms with Gasteiger partial charge in [-0.25, -0.2) is 4.79 Å². The van der Waals surface area contributed by atoms with E-state index in [1.807, 2.05) is 6.07 Å². The number of ether oxygens (including phenoxy) is 3. The van der Waals surface area contributed by atoms with Crippen LogP contribution in [0.2, 0.25) is 5.02 Å². The van der Waals surface area contributed by atoms with E-state index in [2.05, 4.69) is 5.32 Å². The Hall–Kier alpha value is -4.80. The van der Waals surface area contributed by atoms with Gasteiger partial charge in [0.15, 0.2) is 0 Å². The van der Waals surface area contributed by atoms with E-state index < -0.39 is 23.4 Å². The third-order valence-corrected chi connectivity index (χ3v) is 8.17. The molecule has 1 amide bonds. The van der Waals surface area contributed by atoms with Gasteiger partial charge in [0.2, 0.25) is 0 Å². The molecule has 1 aliphatic rings. The molecule has 0 fully saturated rings. The molecule has 9 nitrogen and oxygen atoms in total. The molecular formula is C32H28ClN3O6S. The van der Waals surface area contributed by atoms with Crippen LogP contribution in [0.5, 0.6) is 11.5 Å². The Bertz CT molecular complexity index is 1930. The molecule has 0 saturated heterocycles. The number of hydrogen-bond donors (Lipinski definition) is 2. The molecule has 5 rings (SSSR count). The van der Waals surface area contributed by atoms with Gasteiger partial charge in [0, 0.05) is 10.7 Å². The molecule has 1 unspecified atom stereocenters. The number of esters is 1. The van der Waals surface area contributed by atoms with E-state index in [1.165, 1.54) is 11.7 Å². The van der Waals surface area contributed by atoms with Crippen molar-refractivity contribution >= 4 is 58.0 Å². The van der Waals surface area contributed by atoms with Crippen LogP contribution in [-0.2, 0) is 14.3 Å². The van der Waals surface area contributed by atoms with E-state index in [9.17, 15) is 14.4 Å². The van der Waals surface area contributed by atoms with Gasteiger partial charge in [-0.3, -0.25) is 14.2 Å². The lowest BCUT2D eigenvalue weighted by Gasteiger charge is -2.27. The van der Waals surface area contributed by atoms with Crippen molar-refractivity contribution in [3.63, 3.8) is 0 Å². The lowest BCUT2D eigenvalue weighted by molar-refractivity contribution is -0.138. The summed E-state index contributed by atoms with van der Waals surface area (Å²) in [6.45, 7) is 1.73. The zero-order valence-electron chi connectivity index (χ0n) is 23.6. The van der Waals surface area contributed by atoms with Gasteiger partial charge in [-0.05, 0) is 72.7 Å². The summed E-state index contributed by atoms with van der Waals surface area (Å²) >= 11 is 7.15. The number of hydrogen-bond acceptors (Lipinski definition) is 8. The highest BCUT2D eigenvalue weighted by Crippen LogP contribution is 2.39. The molecule has 1 atom stereocenters. The molecule has 4 aromatic rings. The van der Waals surface area contributed by atoms with Crippen molar-refractivity contribution in [1.29, 1.82) is 0 Å². The minimum Gasteiger partial charge on any atom is -0.497 e. The highest BCUT2D eigenvalue weighted by molar-refractivity contribution is 7.07. The smallest absolute Gasteiger partial charge is 0.338 e. The van der Waals surface area contributed by atoms with Gasteiger partial charge in [-0.1, -0.05) is 35.9 Å². The number of rotatable bonds is 8. The Morgan fingerprint density at radius 2 is 1.67 bits per heavy atom. The fourth-order valence-corrected chi connectivity index (χ4v) is 6.15. The summed E-state index contributed by atoms with van der Waals surface area (Å²) in [4.78, 5) is 41.6. The number of nitrogens with two attached hydrogens (primary N) is 1. The fourth-order valence-electron chi connectivity index (χ4n) is 4.85. The third kappa shape index (κ3) is 5.93. The minimum absolute atomic E-state index is 0.0308. The lowest BCUT2D eigenvalue weighted by Crippen LogP contribution is -2.42. The van der Waals surface area contributed by atoms with Crippen LogP contribution in [0.4, 0.5) is 5.69 Å². The Kier molecular flexibility index (Phi) is 8.70. The van der Waals surface area contributed by atoms with Crippen LogP contribution in [0.25, 0.3) is 17.5 Å². The number of anilines is 1. The summed E-state index contributed by atoms with van der Waals surface area (Å²) in [6.07, 6.45) is 1.69. The molecule has 1 aliphatic heterocycles. The minimum atomic E-state index is -0.982. The number of halogens is 1. The molecule has 2 heterocycles. The first-order valence-electron chi connectivity index (χ1n) is 13.3. The van der Waals surface area contributed by atoms with Crippen molar-refractivity contribution in [1.82, 2.24) is 4.57 Å². The van der Waals surface area contributed by atoms with E-state index in [0.29, 0.717) is 37.9 Å². The number of thiazole rings is 1. The van der Waals surface area contributed by atoms with E-state index in [1.54, 1.807) is 86.8 Å². The molecule has 11 heteroatoms. The third-order valence-electron chi connectivity index (χ3n) is 6.81. The number of carbonyl (C=O) groups is 2. The number of amides is 1. The quantitative estimate of drug-likeness (QED) is 0.289. The molecule has 0 spiro atoms. The number of carbonyl (C=O) groups excluding carboxylic acids is 2. The van der Waals surface area contributed by atoms with Crippen molar-refractivity contribution < 1.29 is 23.8 Å². The summed E-state index contributed by atoms with van der Waals surface area (Å²) in [5.41, 5.74) is 7.99. The number of aromatic nitrogens is 1. The maximum Gasteiger partial charge on any atom is 0.338 e. The highest BCUT2D eigenvalue weighted by Gasteiger charge is 2.39.